The molecule has 0 spiro atoms. The molecule has 0 saturated carbocycles. The fourth-order valence-electron chi connectivity index (χ4n) is 3.54. The van der Waals surface area contributed by atoms with Gasteiger partial charge in [-0.05, 0) is 42.7 Å². The number of benzene rings is 1. The van der Waals surface area contributed by atoms with Gasteiger partial charge in [0.1, 0.15) is 10.2 Å². The SMILES string of the molecule is COC(=O)c1ccc(C2(c3nc(-c4ccc(Cl)nc4)cs3)CCOCC2)cc1. The van der Waals surface area contributed by atoms with Crippen LogP contribution in [0.5, 0.6) is 0 Å². The Morgan fingerprint density at radius 2 is 1.93 bits per heavy atom. The summed E-state index contributed by atoms with van der Waals surface area (Å²) in [4.78, 5) is 20.9. The Bertz CT molecular complexity index is 964. The molecule has 0 N–H and O–H groups in total. The Balaban J connectivity index is 1.72. The summed E-state index contributed by atoms with van der Waals surface area (Å²) >= 11 is 7.54. The Morgan fingerprint density at radius 3 is 2.57 bits per heavy atom. The van der Waals surface area contributed by atoms with Gasteiger partial charge in [-0.25, -0.2) is 14.8 Å². The van der Waals surface area contributed by atoms with Crippen molar-refractivity contribution in [2.45, 2.75) is 18.3 Å². The minimum absolute atomic E-state index is 0.227. The van der Waals surface area contributed by atoms with E-state index in [0.29, 0.717) is 23.9 Å². The van der Waals surface area contributed by atoms with Crippen molar-refractivity contribution in [2.24, 2.45) is 0 Å². The lowest BCUT2D eigenvalue weighted by atomic mass is 9.74. The number of thiazole rings is 1. The van der Waals surface area contributed by atoms with Crippen molar-refractivity contribution in [3.05, 3.63) is 69.3 Å². The van der Waals surface area contributed by atoms with Gasteiger partial charge in [-0.1, -0.05) is 23.7 Å². The van der Waals surface area contributed by atoms with E-state index in [1.807, 2.05) is 30.3 Å². The molecule has 4 rings (SSSR count). The summed E-state index contributed by atoms with van der Waals surface area (Å²) in [6, 6.07) is 11.3. The van der Waals surface area contributed by atoms with E-state index in [4.69, 9.17) is 26.1 Å². The fraction of sp³-hybridized carbons (Fsp3) is 0.286. The second-order valence-electron chi connectivity index (χ2n) is 6.67. The fourth-order valence-corrected chi connectivity index (χ4v) is 4.76. The minimum Gasteiger partial charge on any atom is -0.465 e. The molecule has 0 bridgehead atoms. The number of hydrogen-bond acceptors (Lipinski definition) is 6. The Kier molecular flexibility index (Phi) is 5.44. The maximum atomic E-state index is 11.8. The van der Waals surface area contributed by atoms with Crippen molar-refractivity contribution in [1.29, 1.82) is 0 Å². The first-order valence-corrected chi connectivity index (χ1v) is 10.2. The van der Waals surface area contributed by atoms with Gasteiger partial charge in [0, 0.05) is 30.4 Å². The first-order valence-electron chi connectivity index (χ1n) is 8.97. The molecule has 0 unspecified atom stereocenters. The van der Waals surface area contributed by atoms with Gasteiger partial charge < -0.3 is 9.47 Å². The zero-order valence-corrected chi connectivity index (χ0v) is 16.9. The van der Waals surface area contributed by atoms with E-state index in [-0.39, 0.29) is 11.4 Å². The number of rotatable bonds is 4. The number of ether oxygens (including phenoxy) is 2. The van der Waals surface area contributed by atoms with E-state index in [2.05, 4.69) is 10.4 Å². The van der Waals surface area contributed by atoms with E-state index in [1.165, 1.54) is 7.11 Å². The molecule has 1 saturated heterocycles. The summed E-state index contributed by atoms with van der Waals surface area (Å²) in [5.74, 6) is -0.334. The molecule has 144 valence electrons. The molecular formula is C21H19ClN2O3S. The number of carbonyl (C=O) groups excluding carboxylic acids is 1. The predicted octanol–water partition coefficient (Wildman–Crippen LogP) is 4.74. The molecule has 5 nitrogen and oxygen atoms in total. The second-order valence-corrected chi connectivity index (χ2v) is 7.92. The maximum absolute atomic E-state index is 11.8. The van der Waals surface area contributed by atoms with Crippen molar-refractivity contribution in [1.82, 2.24) is 9.97 Å². The molecule has 0 radical (unpaired) electrons. The van der Waals surface area contributed by atoms with E-state index in [0.717, 1.165) is 34.7 Å². The van der Waals surface area contributed by atoms with Crippen molar-refractivity contribution in [3.63, 3.8) is 0 Å². The lowest BCUT2D eigenvalue weighted by molar-refractivity contribution is 0.0597. The Labute approximate surface area is 172 Å². The summed E-state index contributed by atoms with van der Waals surface area (Å²) in [5.41, 5.74) is 3.28. The molecule has 1 aliphatic heterocycles. The largest absolute Gasteiger partial charge is 0.465 e. The van der Waals surface area contributed by atoms with Gasteiger partial charge in [-0.15, -0.1) is 11.3 Å². The summed E-state index contributed by atoms with van der Waals surface area (Å²) in [6.45, 7) is 1.35. The molecule has 1 aliphatic rings. The number of halogens is 1. The standard InChI is InChI=1S/C21H19ClN2O3S/c1-26-19(25)14-2-5-16(6-3-14)21(8-10-27-11-9-21)20-24-17(13-28-20)15-4-7-18(22)23-12-15/h2-7,12-13H,8-11H2,1H3. The van der Waals surface area contributed by atoms with Gasteiger partial charge in [-0.3, -0.25) is 0 Å². The highest BCUT2D eigenvalue weighted by atomic mass is 35.5. The van der Waals surface area contributed by atoms with Crippen LogP contribution in [0.15, 0.2) is 48.0 Å². The molecule has 28 heavy (non-hydrogen) atoms. The molecule has 2 aromatic heterocycles. The molecule has 1 fully saturated rings. The number of esters is 1. The maximum Gasteiger partial charge on any atom is 0.337 e. The van der Waals surface area contributed by atoms with Crippen molar-refractivity contribution < 1.29 is 14.3 Å². The molecule has 0 amide bonds. The highest BCUT2D eigenvalue weighted by Crippen LogP contribution is 2.43. The van der Waals surface area contributed by atoms with E-state index < -0.39 is 0 Å². The molecule has 3 aromatic rings. The second kappa shape index (κ2) is 7.99. The number of aromatic nitrogens is 2. The van der Waals surface area contributed by atoms with Gasteiger partial charge in [0.05, 0.1) is 23.8 Å². The lowest BCUT2D eigenvalue weighted by Crippen LogP contribution is -2.35. The highest BCUT2D eigenvalue weighted by Gasteiger charge is 2.39. The average Bonchev–Trinajstić information content (AvgIpc) is 3.25. The number of nitrogens with zero attached hydrogens (tertiary/aromatic N) is 2. The van der Waals surface area contributed by atoms with Gasteiger partial charge in [0.2, 0.25) is 0 Å². The molecule has 7 heteroatoms. The zero-order valence-electron chi connectivity index (χ0n) is 15.4. The summed E-state index contributed by atoms with van der Waals surface area (Å²) in [5, 5.41) is 3.57. The van der Waals surface area contributed by atoms with E-state index in [9.17, 15) is 4.79 Å². The summed E-state index contributed by atoms with van der Waals surface area (Å²) < 4.78 is 10.4. The van der Waals surface area contributed by atoms with Crippen LogP contribution in [0, 0.1) is 0 Å². The van der Waals surface area contributed by atoms with Gasteiger partial charge >= 0.3 is 5.97 Å². The predicted molar refractivity (Wildman–Crippen MR) is 109 cm³/mol. The van der Waals surface area contributed by atoms with E-state index in [1.54, 1.807) is 23.6 Å². The van der Waals surface area contributed by atoms with Gasteiger partial charge in [0.15, 0.2) is 0 Å². The Hall–Kier alpha value is -2.28. The third-order valence-electron chi connectivity index (χ3n) is 5.14. The quantitative estimate of drug-likeness (QED) is 0.455. The van der Waals surface area contributed by atoms with Crippen LogP contribution in [0.4, 0.5) is 0 Å². The van der Waals surface area contributed by atoms with Gasteiger partial charge in [0.25, 0.3) is 0 Å². The minimum atomic E-state index is -0.334. The van der Waals surface area contributed by atoms with Crippen molar-refractivity contribution in [2.75, 3.05) is 20.3 Å². The van der Waals surface area contributed by atoms with Crippen LogP contribution < -0.4 is 0 Å². The number of carbonyl (C=O) groups is 1. The smallest absolute Gasteiger partial charge is 0.337 e. The molecule has 0 atom stereocenters. The van der Waals surface area contributed by atoms with Crippen LogP contribution in [0.1, 0.15) is 33.8 Å². The third-order valence-corrected chi connectivity index (χ3v) is 6.41. The van der Waals surface area contributed by atoms with Crippen LogP contribution in [-0.4, -0.2) is 36.3 Å². The first kappa shape index (κ1) is 19.1. The van der Waals surface area contributed by atoms with Crippen LogP contribution in [0.2, 0.25) is 5.15 Å². The first-order chi connectivity index (χ1) is 13.6. The molecule has 3 heterocycles. The highest BCUT2D eigenvalue weighted by molar-refractivity contribution is 7.10. The Morgan fingerprint density at radius 1 is 1.18 bits per heavy atom. The number of methoxy groups -OCH3 is 1. The van der Waals surface area contributed by atoms with Gasteiger partial charge in [-0.2, -0.15) is 0 Å². The van der Waals surface area contributed by atoms with E-state index >= 15 is 0 Å². The monoisotopic (exact) mass is 414 g/mol. The van der Waals surface area contributed by atoms with Crippen LogP contribution in [0.3, 0.4) is 0 Å². The lowest BCUT2D eigenvalue weighted by Gasteiger charge is -2.36. The molecule has 1 aromatic carbocycles. The van der Waals surface area contributed by atoms with Crippen molar-refractivity contribution >= 4 is 28.9 Å². The number of hydrogen-bond donors (Lipinski definition) is 0. The van der Waals surface area contributed by atoms with Crippen LogP contribution in [-0.2, 0) is 14.9 Å². The van der Waals surface area contributed by atoms with Crippen LogP contribution in [0.25, 0.3) is 11.3 Å². The molecule has 0 aliphatic carbocycles. The number of pyridine rings is 1. The normalized spacial score (nSPS) is 15.9. The molecular weight excluding hydrogens is 396 g/mol. The zero-order chi connectivity index (χ0) is 19.6. The summed E-state index contributed by atoms with van der Waals surface area (Å²) in [7, 11) is 1.39. The average molecular weight is 415 g/mol. The third kappa shape index (κ3) is 3.55. The van der Waals surface area contributed by atoms with Crippen molar-refractivity contribution in [3.8, 4) is 11.3 Å². The van der Waals surface area contributed by atoms with Crippen LogP contribution >= 0.6 is 22.9 Å². The summed E-state index contributed by atoms with van der Waals surface area (Å²) in [6.07, 6.45) is 3.43. The topological polar surface area (TPSA) is 61.3 Å².